The highest BCUT2D eigenvalue weighted by Gasteiger charge is 2.18. The van der Waals surface area contributed by atoms with Crippen molar-refractivity contribution >= 4 is 39.9 Å². The Morgan fingerprint density at radius 1 is 1.11 bits per heavy atom. The maximum absolute atomic E-state index is 6.39. The molecule has 0 bridgehead atoms. The van der Waals surface area contributed by atoms with Crippen LogP contribution in [0.4, 0.5) is 0 Å². The fourth-order valence-corrected chi connectivity index (χ4v) is 3.83. The van der Waals surface area contributed by atoms with Gasteiger partial charge in [0.15, 0.2) is 5.65 Å². The van der Waals surface area contributed by atoms with Crippen molar-refractivity contribution in [2.24, 2.45) is 0 Å². The van der Waals surface area contributed by atoms with E-state index in [1.54, 1.807) is 16.8 Å². The number of aryl methyl sites for hydroxylation is 2. The Morgan fingerprint density at radius 3 is 2.78 bits per heavy atom. The molecule has 5 rings (SSSR count). The molecule has 27 heavy (non-hydrogen) atoms. The first-order valence-corrected chi connectivity index (χ1v) is 9.30. The molecule has 0 amide bonds. The van der Waals surface area contributed by atoms with Crippen LogP contribution < -0.4 is 0 Å². The Labute approximate surface area is 162 Å². The molecule has 0 spiro atoms. The van der Waals surface area contributed by atoms with E-state index in [0.717, 1.165) is 32.9 Å². The summed E-state index contributed by atoms with van der Waals surface area (Å²) in [6.07, 6.45) is 1.59. The van der Waals surface area contributed by atoms with Crippen molar-refractivity contribution in [3.63, 3.8) is 0 Å². The smallest absolute Gasteiger partial charge is 0.283 e. The van der Waals surface area contributed by atoms with Gasteiger partial charge in [-0.25, -0.2) is 9.50 Å². The second-order valence-electron chi connectivity index (χ2n) is 5.93. The van der Waals surface area contributed by atoms with Crippen LogP contribution in [0.25, 0.3) is 28.0 Å². The molecular weight excluding hydrogens is 386 g/mol. The summed E-state index contributed by atoms with van der Waals surface area (Å²) in [7, 11) is 0. The summed E-state index contributed by atoms with van der Waals surface area (Å²) in [5.74, 6) is 1.13. The van der Waals surface area contributed by atoms with Crippen molar-refractivity contribution in [3.8, 4) is 11.5 Å². The SMILES string of the molecule is Cc1nn2c(nc(Sc3nnc(-c4ccoc4C)o3)c3ccccc32)c1Cl. The van der Waals surface area contributed by atoms with Gasteiger partial charge in [-0.1, -0.05) is 29.8 Å². The molecular formula is C18H12ClN5O2S. The van der Waals surface area contributed by atoms with Crippen molar-refractivity contribution in [1.82, 2.24) is 24.8 Å². The summed E-state index contributed by atoms with van der Waals surface area (Å²) in [5.41, 5.74) is 3.01. The van der Waals surface area contributed by atoms with Gasteiger partial charge in [-0.2, -0.15) is 5.10 Å². The average Bonchev–Trinajstić information content (AvgIpc) is 3.37. The van der Waals surface area contributed by atoms with Gasteiger partial charge in [-0.3, -0.25) is 0 Å². The lowest BCUT2D eigenvalue weighted by atomic mass is 10.2. The first-order chi connectivity index (χ1) is 13.1. The van der Waals surface area contributed by atoms with Gasteiger partial charge in [0, 0.05) is 5.39 Å². The van der Waals surface area contributed by atoms with Gasteiger partial charge in [-0.15, -0.1) is 10.2 Å². The third kappa shape index (κ3) is 2.60. The van der Waals surface area contributed by atoms with Gasteiger partial charge in [0.25, 0.3) is 11.1 Å². The number of halogens is 1. The van der Waals surface area contributed by atoms with Crippen molar-refractivity contribution < 1.29 is 8.83 Å². The minimum absolute atomic E-state index is 0.389. The normalized spacial score (nSPS) is 11.7. The Morgan fingerprint density at radius 2 is 1.96 bits per heavy atom. The van der Waals surface area contributed by atoms with Crippen LogP contribution in [0.5, 0.6) is 0 Å². The zero-order valence-electron chi connectivity index (χ0n) is 14.3. The second-order valence-corrected chi connectivity index (χ2v) is 7.25. The maximum Gasteiger partial charge on any atom is 0.283 e. The Kier molecular flexibility index (Phi) is 3.70. The van der Waals surface area contributed by atoms with E-state index >= 15 is 0 Å². The van der Waals surface area contributed by atoms with E-state index in [2.05, 4.69) is 15.3 Å². The lowest BCUT2D eigenvalue weighted by Gasteiger charge is -2.05. The number of hydrogen-bond donors (Lipinski definition) is 0. The van der Waals surface area contributed by atoms with Crippen LogP contribution in [0.2, 0.25) is 5.02 Å². The molecule has 0 unspecified atom stereocenters. The molecule has 0 saturated carbocycles. The van der Waals surface area contributed by atoms with Crippen LogP contribution in [0.3, 0.4) is 0 Å². The number of nitrogens with zero attached hydrogens (tertiary/aromatic N) is 5. The number of hydrogen-bond acceptors (Lipinski definition) is 7. The van der Waals surface area contributed by atoms with Crippen LogP contribution in [0.1, 0.15) is 11.5 Å². The van der Waals surface area contributed by atoms with E-state index in [0.29, 0.717) is 21.8 Å². The van der Waals surface area contributed by atoms with Crippen molar-refractivity contribution in [3.05, 3.63) is 53.1 Å². The highest BCUT2D eigenvalue weighted by molar-refractivity contribution is 7.99. The first kappa shape index (κ1) is 16.3. The molecule has 4 aromatic heterocycles. The largest absolute Gasteiger partial charge is 0.469 e. The quantitative estimate of drug-likeness (QED) is 0.398. The van der Waals surface area contributed by atoms with E-state index in [4.69, 9.17) is 25.4 Å². The number of rotatable bonds is 3. The highest BCUT2D eigenvalue weighted by Crippen LogP contribution is 2.35. The number of para-hydroxylation sites is 1. The topological polar surface area (TPSA) is 82.2 Å². The van der Waals surface area contributed by atoms with Crippen LogP contribution >= 0.6 is 23.4 Å². The average molecular weight is 398 g/mol. The van der Waals surface area contributed by atoms with Crippen LogP contribution in [0, 0.1) is 13.8 Å². The molecule has 0 N–H and O–H groups in total. The molecule has 9 heteroatoms. The minimum atomic E-state index is 0.389. The van der Waals surface area contributed by atoms with Gasteiger partial charge >= 0.3 is 0 Å². The number of furan rings is 1. The van der Waals surface area contributed by atoms with E-state index in [-0.39, 0.29) is 0 Å². The zero-order chi connectivity index (χ0) is 18.5. The first-order valence-electron chi connectivity index (χ1n) is 8.11. The monoisotopic (exact) mass is 397 g/mol. The summed E-state index contributed by atoms with van der Waals surface area (Å²) < 4.78 is 12.8. The zero-order valence-corrected chi connectivity index (χ0v) is 15.9. The van der Waals surface area contributed by atoms with Crippen molar-refractivity contribution in [1.29, 1.82) is 0 Å². The molecule has 5 aromatic rings. The fourth-order valence-electron chi connectivity index (χ4n) is 2.88. The lowest BCUT2D eigenvalue weighted by molar-refractivity contribution is 0.463. The van der Waals surface area contributed by atoms with Crippen LogP contribution in [-0.4, -0.2) is 24.8 Å². The third-order valence-electron chi connectivity index (χ3n) is 4.21. The van der Waals surface area contributed by atoms with E-state index in [1.807, 2.05) is 38.1 Å². The predicted octanol–water partition coefficient (Wildman–Crippen LogP) is 4.95. The van der Waals surface area contributed by atoms with E-state index < -0.39 is 0 Å². The van der Waals surface area contributed by atoms with Gasteiger partial charge in [0.2, 0.25) is 0 Å². The Hall–Kier alpha value is -2.84. The molecule has 0 radical (unpaired) electrons. The molecule has 0 atom stereocenters. The summed E-state index contributed by atoms with van der Waals surface area (Å²) in [6.45, 7) is 3.70. The molecule has 134 valence electrons. The van der Waals surface area contributed by atoms with Crippen molar-refractivity contribution in [2.45, 2.75) is 24.1 Å². The lowest BCUT2D eigenvalue weighted by Crippen LogP contribution is -1.95. The Balaban J connectivity index is 1.63. The van der Waals surface area contributed by atoms with Crippen LogP contribution in [0.15, 0.2) is 55.7 Å². The van der Waals surface area contributed by atoms with Gasteiger partial charge < -0.3 is 8.83 Å². The number of benzene rings is 1. The van der Waals surface area contributed by atoms with E-state index in [9.17, 15) is 0 Å². The fraction of sp³-hybridized carbons (Fsp3) is 0.111. The number of fused-ring (bicyclic) bond motifs is 3. The van der Waals surface area contributed by atoms with Gasteiger partial charge in [0.05, 0.1) is 23.0 Å². The maximum atomic E-state index is 6.39. The molecule has 0 fully saturated rings. The summed E-state index contributed by atoms with van der Waals surface area (Å²) in [4.78, 5) is 4.69. The standard InChI is InChI=1S/C18H12ClN5O2S/c1-9-14(19)15-20-17(12-5-3-4-6-13(12)24(15)23-9)27-18-22-21-16(26-18)11-7-8-25-10(11)2/h3-8H,1-2H3. The Bertz CT molecular complexity index is 1310. The molecule has 0 aliphatic heterocycles. The number of aromatic nitrogens is 5. The minimum Gasteiger partial charge on any atom is -0.469 e. The summed E-state index contributed by atoms with van der Waals surface area (Å²) in [5, 5.41) is 15.3. The third-order valence-corrected chi connectivity index (χ3v) is 5.50. The molecule has 0 aliphatic carbocycles. The molecule has 4 heterocycles. The second kappa shape index (κ2) is 6.11. The van der Waals surface area contributed by atoms with Gasteiger partial charge in [-0.05, 0) is 37.7 Å². The summed E-state index contributed by atoms with van der Waals surface area (Å²) in [6, 6.07) is 9.66. The van der Waals surface area contributed by atoms with Gasteiger partial charge in [0.1, 0.15) is 15.8 Å². The summed E-state index contributed by atoms with van der Waals surface area (Å²) >= 11 is 7.68. The highest BCUT2D eigenvalue weighted by atomic mass is 35.5. The molecule has 7 nitrogen and oxygen atoms in total. The molecule has 0 saturated heterocycles. The van der Waals surface area contributed by atoms with Crippen LogP contribution in [-0.2, 0) is 0 Å². The predicted molar refractivity (Wildman–Crippen MR) is 101 cm³/mol. The van der Waals surface area contributed by atoms with E-state index in [1.165, 1.54) is 11.8 Å². The van der Waals surface area contributed by atoms with Crippen molar-refractivity contribution in [2.75, 3.05) is 0 Å². The molecule has 1 aromatic carbocycles. The molecule has 0 aliphatic rings.